The molecule has 2 rings (SSSR count). The molecule has 5 heteroatoms. The summed E-state index contributed by atoms with van der Waals surface area (Å²) in [6.07, 6.45) is 5.04. The minimum atomic E-state index is -0.181. The van der Waals surface area contributed by atoms with Gasteiger partial charge in [-0.1, -0.05) is 20.8 Å². The van der Waals surface area contributed by atoms with E-state index in [4.69, 9.17) is 0 Å². The fourth-order valence-electron chi connectivity index (χ4n) is 4.13. The number of nitrogens with zero attached hydrogens (tertiary/aromatic N) is 1. The highest BCUT2D eigenvalue weighted by atomic mass is 16.2. The summed E-state index contributed by atoms with van der Waals surface area (Å²) in [5.74, 6) is 0.753. The summed E-state index contributed by atoms with van der Waals surface area (Å²) in [7, 11) is 0. The van der Waals surface area contributed by atoms with E-state index >= 15 is 0 Å². The number of hydrogen-bond acceptors (Lipinski definition) is 3. The average Bonchev–Trinajstić information content (AvgIpc) is 2.66. The van der Waals surface area contributed by atoms with Gasteiger partial charge in [0, 0.05) is 30.6 Å². The summed E-state index contributed by atoms with van der Waals surface area (Å²) in [6, 6.07) is 0.926. The fourth-order valence-corrected chi connectivity index (χ4v) is 4.13. The maximum atomic E-state index is 12.3. The number of carbonyl (C=O) groups excluding carboxylic acids is 2. The van der Waals surface area contributed by atoms with E-state index in [9.17, 15) is 9.59 Å². The lowest BCUT2D eigenvalue weighted by Gasteiger charge is -2.39. The topological polar surface area (TPSA) is 61.4 Å². The second-order valence-corrected chi connectivity index (χ2v) is 10.2. The fraction of sp³-hybridized carbons (Fsp3) is 0.900. The number of nitrogens with one attached hydrogen (secondary N) is 2. The first kappa shape index (κ1) is 20.2. The average molecular weight is 352 g/mol. The summed E-state index contributed by atoms with van der Waals surface area (Å²) in [6.45, 7) is 13.7. The van der Waals surface area contributed by atoms with Crippen LogP contribution in [0.5, 0.6) is 0 Å². The molecule has 25 heavy (non-hydrogen) atoms. The van der Waals surface area contributed by atoms with Crippen LogP contribution in [-0.4, -0.2) is 47.4 Å². The van der Waals surface area contributed by atoms with Crippen LogP contribution in [-0.2, 0) is 9.59 Å². The Hall–Kier alpha value is -1.10. The first-order chi connectivity index (χ1) is 11.4. The molecular formula is C20H37N3O2. The second-order valence-electron chi connectivity index (χ2n) is 10.2. The van der Waals surface area contributed by atoms with Crippen molar-refractivity contribution in [3.8, 4) is 0 Å². The Morgan fingerprint density at radius 3 is 2.00 bits per heavy atom. The van der Waals surface area contributed by atoms with Gasteiger partial charge in [0.2, 0.25) is 11.8 Å². The van der Waals surface area contributed by atoms with Gasteiger partial charge in [0.15, 0.2) is 0 Å². The van der Waals surface area contributed by atoms with Crippen molar-refractivity contribution >= 4 is 11.8 Å². The first-order valence-electron chi connectivity index (χ1n) is 9.76. The van der Waals surface area contributed by atoms with Gasteiger partial charge in [-0.25, -0.2) is 0 Å². The van der Waals surface area contributed by atoms with Gasteiger partial charge >= 0.3 is 0 Å². The molecule has 0 spiro atoms. The maximum absolute atomic E-state index is 12.3. The molecule has 2 saturated heterocycles. The Balaban J connectivity index is 1.81. The zero-order valence-electron chi connectivity index (χ0n) is 16.9. The van der Waals surface area contributed by atoms with E-state index in [0.29, 0.717) is 31.0 Å². The van der Waals surface area contributed by atoms with E-state index in [1.54, 1.807) is 0 Å². The highest BCUT2D eigenvalue weighted by Crippen LogP contribution is 2.39. The molecule has 0 saturated carbocycles. The monoisotopic (exact) mass is 351 g/mol. The van der Waals surface area contributed by atoms with Crippen molar-refractivity contribution in [1.82, 2.24) is 15.5 Å². The SMILES string of the molecule is CC(C)(C)CNC(=O)CC1C[C@H]2CC[C@@H](C1)N2CC(=O)NC(C)(C)C. The van der Waals surface area contributed by atoms with Gasteiger partial charge < -0.3 is 10.6 Å². The van der Waals surface area contributed by atoms with E-state index in [1.165, 1.54) is 0 Å². The Bertz CT molecular complexity index is 476. The lowest BCUT2D eigenvalue weighted by molar-refractivity contribution is -0.126. The van der Waals surface area contributed by atoms with Gasteiger partial charge in [-0.05, 0) is 57.8 Å². The first-order valence-corrected chi connectivity index (χ1v) is 9.76. The standard InChI is InChI=1S/C20H37N3O2/c1-19(2,3)13-21-17(24)11-14-9-15-7-8-16(10-14)23(15)12-18(25)22-20(4,5)6/h14-16H,7-13H2,1-6H3,(H,21,24)(H,22,25)/t14?,15-,16+. The quantitative estimate of drug-likeness (QED) is 0.800. The Morgan fingerprint density at radius 1 is 0.960 bits per heavy atom. The van der Waals surface area contributed by atoms with Crippen LogP contribution in [0.2, 0.25) is 0 Å². The predicted octanol–water partition coefficient (Wildman–Crippen LogP) is 2.70. The predicted molar refractivity (Wildman–Crippen MR) is 101 cm³/mol. The molecule has 0 radical (unpaired) electrons. The van der Waals surface area contributed by atoms with E-state index in [0.717, 1.165) is 32.2 Å². The van der Waals surface area contributed by atoms with E-state index in [2.05, 4.69) is 36.3 Å². The molecule has 144 valence electrons. The second kappa shape index (κ2) is 7.65. The van der Waals surface area contributed by atoms with Crippen molar-refractivity contribution in [2.24, 2.45) is 11.3 Å². The highest BCUT2D eigenvalue weighted by Gasteiger charge is 2.41. The molecule has 2 aliphatic heterocycles. The number of hydrogen-bond donors (Lipinski definition) is 2. The molecule has 3 atom stereocenters. The molecule has 2 N–H and O–H groups in total. The van der Waals surface area contributed by atoms with Crippen LogP contribution in [0.4, 0.5) is 0 Å². The molecule has 1 unspecified atom stereocenters. The van der Waals surface area contributed by atoms with E-state index in [-0.39, 0.29) is 22.8 Å². The number of rotatable bonds is 5. The van der Waals surface area contributed by atoms with Gasteiger partial charge in [0.05, 0.1) is 6.54 Å². The number of fused-ring (bicyclic) bond motifs is 2. The van der Waals surface area contributed by atoms with Crippen LogP contribution < -0.4 is 10.6 Å². The zero-order valence-corrected chi connectivity index (χ0v) is 16.9. The van der Waals surface area contributed by atoms with Crippen LogP contribution in [0.25, 0.3) is 0 Å². The summed E-state index contributed by atoms with van der Waals surface area (Å²) in [5.41, 5.74) is -0.0575. The van der Waals surface area contributed by atoms with Crippen LogP contribution >= 0.6 is 0 Å². The highest BCUT2D eigenvalue weighted by molar-refractivity contribution is 5.79. The smallest absolute Gasteiger partial charge is 0.234 e. The molecule has 2 amide bonds. The number of carbonyl (C=O) groups is 2. The number of piperidine rings is 1. The Labute approximate surface area is 153 Å². The van der Waals surface area contributed by atoms with Gasteiger partial charge in [0.25, 0.3) is 0 Å². The van der Waals surface area contributed by atoms with Gasteiger partial charge in [-0.3, -0.25) is 14.5 Å². The third-order valence-electron chi connectivity index (χ3n) is 5.11. The van der Waals surface area contributed by atoms with Gasteiger partial charge in [-0.15, -0.1) is 0 Å². The molecule has 0 aromatic rings. The summed E-state index contributed by atoms with van der Waals surface area (Å²) in [5, 5.41) is 6.14. The minimum Gasteiger partial charge on any atom is -0.356 e. The summed E-state index contributed by atoms with van der Waals surface area (Å²) in [4.78, 5) is 26.9. The molecule has 5 nitrogen and oxygen atoms in total. The Kier molecular flexibility index (Phi) is 6.18. The van der Waals surface area contributed by atoms with Gasteiger partial charge in [0.1, 0.15) is 0 Å². The molecular weight excluding hydrogens is 314 g/mol. The third kappa shape index (κ3) is 6.61. The normalized spacial score (nSPS) is 27.2. The molecule has 0 aliphatic carbocycles. The molecule has 2 aliphatic rings. The van der Waals surface area contributed by atoms with Crippen LogP contribution in [0.1, 0.15) is 73.6 Å². The Morgan fingerprint density at radius 2 is 1.52 bits per heavy atom. The largest absolute Gasteiger partial charge is 0.356 e. The van der Waals surface area contributed by atoms with Gasteiger partial charge in [-0.2, -0.15) is 0 Å². The molecule has 0 aromatic heterocycles. The van der Waals surface area contributed by atoms with Crippen molar-refractivity contribution in [2.45, 2.75) is 91.3 Å². The van der Waals surface area contributed by atoms with E-state index in [1.807, 2.05) is 20.8 Å². The lowest BCUT2D eigenvalue weighted by Crippen LogP contribution is -2.51. The summed E-state index contributed by atoms with van der Waals surface area (Å²) >= 11 is 0. The van der Waals surface area contributed by atoms with E-state index < -0.39 is 0 Å². The molecule has 0 aromatic carbocycles. The minimum absolute atomic E-state index is 0.116. The van der Waals surface area contributed by atoms with Crippen molar-refractivity contribution in [3.05, 3.63) is 0 Å². The van der Waals surface area contributed by atoms with Crippen molar-refractivity contribution in [1.29, 1.82) is 0 Å². The molecule has 2 bridgehead atoms. The van der Waals surface area contributed by atoms with Crippen LogP contribution in [0, 0.1) is 11.3 Å². The van der Waals surface area contributed by atoms with Crippen molar-refractivity contribution in [2.75, 3.05) is 13.1 Å². The summed E-state index contributed by atoms with van der Waals surface area (Å²) < 4.78 is 0. The number of amides is 2. The molecule has 2 heterocycles. The zero-order chi connectivity index (χ0) is 18.8. The maximum Gasteiger partial charge on any atom is 0.234 e. The third-order valence-corrected chi connectivity index (χ3v) is 5.11. The lowest BCUT2D eigenvalue weighted by atomic mass is 9.87. The molecule has 2 fully saturated rings. The van der Waals surface area contributed by atoms with Crippen molar-refractivity contribution < 1.29 is 9.59 Å². The van der Waals surface area contributed by atoms with Crippen LogP contribution in [0.3, 0.4) is 0 Å². The van der Waals surface area contributed by atoms with Crippen LogP contribution in [0.15, 0.2) is 0 Å². The van der Waals surface area contributed by atoms with Crippen molar-refractivity contribution in [3.63, 3.8) is 0 Å².